The standard InChI is InChI=1S/C15H22N2O2/c1-3-6-17(10-11-4-5-11)15(18)12-7-13(16)9-14(8-12)19-2/h7-9,11H,3-6,10,16H2,1-2H3. The first kappa shape index (κ1) is 13.7. The number of anilines is 1. The molecule has 1 aromatic rings. The van der Waals surface area contributed by atoms with Crippen molar-refractivity contribution >= 4 is 11.6 Å². The minimum atomic E-state index is 0.0550. The van der Waals surface area contributed by atoms with E-state index in [-0.39, 0.29) is 5.91 Å². The largest absolute Gasteiger partial charge is 0.497 e. The Balaban J connectivity index is 2.16. The smallest absolute Gasteiger partial charge is 0.254 e. The molecule has 0 unspecified atom stereocenters. The van der Waals surface area contributed by atoms with Crippen LogP contribution in [0.2, 0.25) is 0 Å². The number of hydrogen-bond donors (Lipinski definition) is 1. The Kier molecular flexibility index (Phi) is 4.30. The van der Waals surface area contributed by atoms with Crippen molar-refractivity contribution in [2.24, 2.45) is 5.92 Å². The van der Waals surface area contributed by atoms with Crippen LogP contribution in [0.4, 0.5) is 5.69 Å². The van der Waals surface area contributed by atoms with Gasteiger partial charge in [-0.1, -0.05) is 6.92 Å². The Hall–Kier alpha value is -1.71. The Morgan fingerprint density at radius 3 is 2.74 bits per heavy atom. The van der Waals surface area contributed by atoms with Gasteiger partial charge in [0.25, 0.3) is 5.91 Å². The average Bonchev–Trinajstić information content (AvgIpc) is 3.20. The lowest BCUT2D eigenvalue weighted by atomic mass is 10.1. The summed E-state index contributed by atoms with van der Waals surface area (Å²) in [4.78, 5) is 14.5. The summed E-state index contributed by atoms with van der Waals surface area (Å²) in [5, 5.41) is 0. The molecular weight excluding hydrogens is 240 g/mol. The summed E-state index contributed by atoms with van der Waals surface area (Å²) in [6, 6.07) is 5.20. The van der Waals surface area contributed by atoms with Gasteiger partial charge in [-0.2, -0.15) is 0 Å². The number of nitrogens with zero attached hydrogens (tertiary/aromatic N) is 1. The zero-order valence-corrected chi connectivity index (χ0v) is 11.7. The monoisotopic (exact) mass is 262 g/mol. The predicted molar refractivity (Wildman–Crippen MR) is 76.3 cm³/mol. The van der Waals surface area contributed by atoms with Crippen LogP contribution in [0.3, 0.4) is 0 Å². The molecular formula is C15H22N2O2. The van der Waals surface area contributed by atoms with E-state index in [1.807, 2.05) is 4.90 Å². The molecule has 1 aliphatic carbocycles. The summed E-state index contributed by atoms with van der Waals surface area (Å²) in [6.45, 7) is 3.75. The van der Waals surface area contributed by atoms with Crippen molar-refractivity contribution in [2.75, 3.05) is 25.9 Å². The van der Waals surface area contributed by atoms with Gasteiger partial charge in [0.1, 0.15) is 5.75 Å². The van der Waals surface area contributed by atoms with Gasteiger partial charge in [0.15, 0.2) is 0 Å². The number of amides is 1. The average molecular weight is 262 g/mol. The van der Waals surface area contributed by atoms with E-state index < -0.39 is 0 Å². The zero-order chi connectivity index (χ0) is 13.8. The van der Waals surface area contributed by atoms with Crippen molar-refractivity contribution in [1.29, 1.82) is 0 Å². The highest BCUT2D eigenvalue weighted by Gasteiger charge is 2.27. The van der Waals surface area contributed by atoms with Crippen LogP contribution in [0.25, 0.3) is 0 Å². The molecule has 0 atom stereocenters. The van der Waals surface area contributed by atoms with Gasteiger partial charge in [-0.25, -0.2) is 0 Å². The molecule has 1 fully saturated rings. The van der Waals surface area contributed by atoms with Crippen LogP contribution in [0.5, 0.6) is 5.75 Å². The molecule has 0 spiro atoms. The molecule has 0 aromatic heterocycles. The lowest BCUT2D eigenvalue weighted by molar-refractivity contribution is 0.0747. The Morgan fingerprint density at radius 2 is 2.16 bits per heavy atom. The normalized spacial score (nSPS) is 14.2. The van der Waals surface area contributed by atoms with Crippen LogP contribution < -0.4 is 10.5 Å². The number of carbonyl (C=O) groups is 1. The SMILES string of the molecule is CCCN(CC1CC1)C(=O)c1cc(N)cc(OC)c1. The fraction of sp³-hybridized carbons (Fsp3) is 0.533. The van der Waals surface area contributed by atoms with E-state index in [2.05, 4.69) is 6.92 Å². The molecule has 4 heteroatoms. The maximum atomic E-state index is 12.5. The van der Waals surface area contributed by atoms with Crippen LogP contribution in [0.1, 0.15) is 36.5 Å². The second-order valence-electron chi connectivity index (χ2n) is 5.19. The maximum absolute atomic E-state index is 12.5. The lowest BCUT2D eigenvalue weighted by Crippen LogP contribution is -2.33. The Bertz CT molecular complexity index is 455. The number of nitrogen functional groups attached to an aromatic ring is 1. The molecule has 2 rings (SSSR count). The van der Waals surface area contributed by atoms with Crippen molar-refractivity contribution in [2.45, 2.75) is 26.2 Å². The number of benzene rings is 1. The number of methoxy groups -OCH3 is 1. The molecule has 19 heavy (non-hydrogen) atoms. The van der Waals surface area contributed by atoms with Crippen molar-refractivity contribution in [3.8, 4) is 5.75 Å². The van der Waals surface area contributed by atoms with Crippen LogP contribution in [0, 0.1) is 5.92 Å². The summed E-state index contributed by atoms with van der Waals surface area (Å²) in [5.74, 6) is 1.38. The second-order valence-corrected chi connectivity index (χ2v) is 5.19. The first-order chi connectivity index (χ1) is 9.13. The quantitative estimate of drug-likeness (QED) is 0.801. The van der Waals surface area contributed by atoms with E-state index in [0.717, 1.165) is 19.5 Å². The molecule has 0 saturated heterocycles. The molecule has 0 heterocycles. The van der Waals surface area contributed by atoms with Crippen molar-refractivity contribution < 1.29 is 9.53 Å². The van der Waals surface area contributed by atoms with Crippen molar-refractivity contribution in [1.82, 2.24) is 4.90 Å². The number of nitrogens with two attached hydrogens (primary N) is 1. The Morgan fingerprint density at radius 1 is 1.42 bits per heavy atom. The van der Waals surface area contributed by atoms with Crippen LogP contribution in [-0.4, -0.2) is 31.0 Å². The van der Waals surface area contributed by atoms with Gasteiger partial charge in [0.05, 0.1) is 7.11 Å². The minimum Gasteiger partial charge on any atom is -0.497 e. The first-order valence-corrected chi connectivity index (χ1v) is 6.88. The third-order valence-corrected chi connectivity index (χ3v) is 3.37. The third-order valence-electron chi connectivity index (χ3n) is 3.37. The molecule has 1 amide bonds. The van der Waals surface area contributed by atoms with E-state index in [4.69, 9.17) is 10.5 Å². The van der Waals surface area contributed by atoms with Gasteiger partial charge in [0.2, 0.25) is 0 Å². The van der Waals surface area contributed by atoms with Gasteiger partial charge in [-0.15, -0.1) is 0 Å². The second kappa shape index (κ2) is 5.95. The molecule has 1 aromatic carbocycles. The van der Waals surface area contributed by atoms with E-state index >= 15 is 0 Å². The van der Waals surface area contributed by atoms with Gasteiger partial charge in [0, 0.05) is 30.4 Å². The summed E-state index contributed by atoms with van der Waals surface area (Å²) < 4.78 is 5.17. The van der Waals surface area contributed by atoms with Gasteiger partial charge in [-0.05, 0) is 37.3 Å². The maximum Gasteiger partial charge on any atom is 0.254 e. The highest BCUT2D eigenvalue weighted by atomic mass is 16.5. The predicted octanol–water partition coefficient (Wildman–Crippen LogP) is 2.54. The molecule has 1 saturated carbocycles. The lowest BCUT2D eigenvalue weighted by Gasteiger charge is -2.22. The van der Waals surface area contributed by atoms with Gasteiger partial charge >= 0.3 is 0 Å². The third kappa shape index (κ3) is 3.63. The van der Waals surface area contributed by atoms with Crippen LogP contribution in [-0.2, 0) is 0 Å². The number of ether oxygens (including phenoxy) is 1. The highest BCUT2D eigenvalue weighted by Crippen LogP contribution is 2.30. The van der Waals surface area contributed by atoms with Crippen molar-refractivity contribution in [3.05, 3.63) is 23.8 Å². The fourth-order valence-corrected chi connectivity index (χ4v) is 2.20. The molecule has 0 aliphatic heterocycles. The highest BCUT2D eigenvalue weighted by molar-refractivity contribution is 5.95. The number of carbonyl (C=O) groups excluding carboxylic acids is 1. The van der Waals surface area contributed by atoms with Gasteiger partial charge in [-0.3, -0.25) is 4.79 Å². The summed E-state index contributed by atoms with van der Waals surface area (Å²) in [7, 11) is 1.58. The number of rotatable bonds is 6. The molecule has 104 valence electrons. The van der Waals surface area contributed by atoms with Crippen molar-refractivity contribution in [3.63, 3.8) is 0 Å². The molecule has 0 bridgehead atoms. The number of hydrogen-bond acceptors (Lipinski definition) is 3. The molecule has 1 aliphatic rings. The fourth-order valence-electron chi connectivity index (χ4n) is 2.20. The summed E-state index contributed by atoms with van der Waals surface area (Å²) in [6.07, 6.45) is 3.46. The minimum absolute atomic E-state index is 0.0550. The van der Waals surface area contributed by atoms with E-state index in [9.17, 15) is 4.79 Å². The topological polar surface area (TPSA) is 55.6 Å². The molecule has 4 nitrogen and oxygen atoms in total. The van der Waals surface area contributed by atoms with E-state index in [1.54, 1.807) is 25.3 Å². The zero-order valence-electron chi connectivity index (χ0n) is 11.7. The summed E-state index contributed by atoms with van der Waals surface area (Å²) in [5.41, 5.74) is 6.99. The van der Waals surface area contributed by atoms with Crippen LogP contribution >= 0.6 is 0 Å². The molecule has 2 N–H and O–H groups in total. The van der Waals surface area contributed by atoms with Gasteiger partial charge < -0.3 is 15.4 Å². The molecule has 0 radical (unpaired) electrons. The summed E-state index contributed by atoms with van der Waals surface area (Å²) >= 11 is 0. The van der Waals surface area contributed by atoms with E-state index in [1.165, 1.54) is 12.8 Å². The van der Waals surface area contributed by atoms with Crippen LogP contribution in [0.15, 0.2) is 18.2 Å². The first-order valence-electron chi connectivity index (χ1n) is 6.88. The van der Waals surface area contributed by atoms with E-state index in [0.29, 0.717) is 22.9 Å². The Labute approximate surface area is 114 Å².